The van der Waals surface area contributed by atoms with E-state index in [1.54, 1.807) is 11.0 Å². The second kappa shape index (κ2) is 7.63. The Hall–Kier alpha value is -1.78. The number of likely N-dealkylation sites (tertiary alicyclic amines) is 2. The predicted molar refractivity (Wildman–Crippen MR) is 99.2 cm³/mol. The SMILES string of the molecule is C=CC1CC[C@@H](CC)N1C(=O)C1[C@@H](C=C)CCN1C(=O)OC(C)(C)C. The highest BCUT2D eigenvalue weighted by Crippen LogP contribution is 2.34. The highest BCUT2D eigenvalue weighted by Gasteiger charge is 2.47. The Morgan fingerprint density at radius 1 is 1.16 bits per heavy atom. The molecule has 2 unspecified atom stereocenters. The monoisotopic (exact) mass is 348 g/mol. The molecule has 5 nitrogen and oxygen atoms in total. The van der Waals surface area contributed by atoms with Gasteiger partial charge in [-0.1, -0.05) is 19.1 Å². The van der Waals surface area contributed by atoms with Crippen LogP contribution in [0.25, 0.3) is 0 Å². The van der Waals surface area contributed by atoms with Crippen molar-refractivity contribution >= 4 is 12.0 Å². The number of hydrogen-bond donors (Lipinski definition) is 0. The van der Waals surface area contributed by atoms with Crippen LogP contribution in [0.4, 0.5) is 4.79 Å². The summed E-state index contributed by atoms with van der Waals surface area (Å²) in [6.07, 6.45) is 6.80. The number of hydrogen-bond acceptors (Lipinski definition) is 3. The quantitative estimate of drug-likeness (QED) is 0.727. The van der Waals surface area contributed by atoms with Crippen LogP contribution in [-0.2, 0) is 9.53 Å². The lowest BCUT2D eigenvalue weighted by atomic mass is 9.98. The summed E-state index contributed by atoms with van der Waals surface area (Å²) in [5.41, 5.74) is -0.583. The molecule has 0 aliphatic carbocycles. The minimum atomic E-state index is -0.583. The summed E-state index contributed by atoms with van der Waals surface area (Å²) in [5.74, 6) is -0.0360. The van der Waals surface area contributed by atoms with Crippen molar-refractivity contribution in [2.24, 2.45) is 5.92 Å². The number of ether oxygens (including phenoxy) is 1. The number of nitrogens with zero attached hydrogens (tertiary/aromatic N) is 2. The van der Waals surface area contributed by atoms with E-state index in [1.807, 2.05) is 31.7 Å². The molecule has 0 saturated carbocycles. The van der Waals surface area contributed by atoms with Gasteiger partial charge in [0.05, 0.1) is 6.04 Å². The number of rotatable bonds is 4. The van der Waals surface area contributed by atoms with Crippen LogP contribution in [0.1, 0.15) is 53.4 Å². The Morgan fingerprint density at radius 2 is 1.84 bits per heavy atom. The lowest BCUT2D eigenvalue weighted by molar-refractivity contribution is -0.139. The van der Waals surface area contributed by atoms with Crippen LogP contribution < -0.4 is 0 Å². The topological polar surface area (TPSA) is 49.9 Å². The minimum absolute atomic E-state index is 0.00232. The van der Waals surface area contributed by atoms with Crippen molar-refractivity contribution < 1.29 is 14.3 Å². The van der Waals surface area contributed by atoms with Gasteiger partial charge in [0.15, 0.2) is 0 Å². The number of carbonyl (C=O) groups is 2. The smallest absolute Gasteiger partial charge is 0.410 e. The van der Waals surface area contributed by atoms with Crippen LogP contribution in [0.15, 0.2) is 25.3 Å². The van der Waals surface area contributed by atoms with E-state index in [0.29, 0.717) is 6.54 Å². The summed E-state index contributed by atoms with van der Waals surface area (Å²) in [5, 5.41) is 0. The van der Waals surface area contributed by atoms with Crippen molar-refractivity contribution in [3.8, 4) is 0 Å². The van der Waals surface area contributed by atoms with Gasteiger partial charge in [0.2, 0.25) is 5.91 Å². The van der Waals surface area contributed by atoms with Crippen molar-refractivity contribution in [1.29, 1.82) is 0 Å². The van der Waals surface area contributed by atoms with E-state index >= 15 is 0 Å². The molecule has 2 saturated heterocycles. The summed E-state index contributed by atoms with van der Waals surface area (Å²) >= 11 is 0. The predicted octanol–water partition coefficient (Wildman–Crippen LogP) is 3.75. The van der Waals surface area contributed by atoms with Gasteiger partial charge in [0.1, 0.15) is 11.6 Å². The minimum Gasteiger partial charge on any atom is -0.444 e. The van der Waals surface area contributed by atoms with Gasteiger partial charge in [0, 0.05) is 18.5 Å². The second-order valence-electron chi connectivity index (χ2n) is 7.99. The molecule has 0 bridgehead atoms. The molecule has 0 aromatic heterocycles. The van der Waals surface area contributed by atoms with Crippen molar-refractivity contribution in [1.82, 2.24) is 9.80 Å². The van der Waals surface area contributed by atoms with Gasteiger partial charge >= 0.3 is 6.09 Å². The van der Waals surface area contributed by atoms with Gasteiger partial charge in [-0.3, -0.25) is 9.69 Å². The Balaban J connectivity index is 2.27. The largest absolute Gasteiger partial charge is 0.444 e. The molecule has 2 heterocycles. The highest BCUT2D eigenvalue weighted by molar-refractivity contribution is 5.88. The molecule has 2 rings (SSSR count). The second-order valence-corrected chi connectivity index (χ2v) is 7.99. The summed E-state index contributed by atoms with van der Waals surface area (Å²) < 4.78 is 5.53. The van der Waals surface area contributed by atoms with E-state index < -0.39 is 17.7 Å². The molecule has 0 aromatic rings. The zero-order valence-corrected chi connectivity index (χ0v) is 16.0. The molecule has 0 spiro atoms. The fourth-order valence-corrected chi connectivity index (χ4v) is 3.95. The van der Waals surface area contributed by atoms with E-state index in [4.69, 9.17) is 4.74 Å². The van der Waals surface area contributed by atoms with E-state index in [2.05, 4.69) is 20.1 Å². The molecular weight excluding hydrogens is 316 g/mol. The fourth-order valence-electron chi connectivity index (χ4n) is 3.95. The van der Waals surface area contributed by atoms with E-state index in [1.165, 1.54) is 0 Å². The molecule has 0 radical (unpaired) electrons. The summed E-state index contributed by atoms with van der Waals surface area (Å²) in [6.45, 7) is 15.9. The molecule has 4 atom stereocenters. The van der Waals surface area contributed by atoms with Crippen LogP contribution in [-0.4, -0.2) is 52.1 Å². The maximum Gasteiger partial charge on any atom is 0.410 e. The van der Waals surface area contributed by atoms with Crippen LogP contribution in [0, 0.1) is 5.92 Å². The average Bonchev–Trinajstić information content (AvgIpc) is 3.15. The molecule has 25 heavy (non-hydrogen) atoms. The molecule has 140 valence electrons. The zero-order chi connectivity index (χ0) is 18.8. The fraction of sp³-hybridized carbons (Fsp3) is 0.700. The van der Waals surface area contributed by atoms with Crippen LogP contribution in [0.3, 0.4) is 0 Å². The summed E-state index contributed by atoms with van der Waals surface area (Å²) in [7, 11) is 0. The van der Waals surface area contributed by atoms with Gasteiger partial charge in [-0.25, -0.2) is 4.79 Å². The summed E-state index contributed by atoms with van der Waals surface area (Å²) in [6, 6.07) is -0.270. The lowest BCUT2D eigenvalue weighted by Crippen LogP contribution is -2.53. The normalized spacial score (nSPS) is 29.6. The Labute approximate surface area is 151 Å². The van der Waals surface area contributed by atoms with Crippen molar-refractivity contribution in [3.05, 3.63) is 25.3 Å². The standard InChI is InChI=1S/C20H32N2O3/c1-7-14-12-13-21(19(24)25-20(4,5)6)17(14)18(23)22-15(8-2)10-11-16(22)9-3/h7-8,14-17H,1-2,9-13H2,3-6H3/t14-,15?,16+,17?/m0/s1. The summed E-state index contributed by atoms with van der Waals surface area (Å²) in [4.78, 5) is 29.6. The Morgan fingerprint density at radius 3 is 2.36 bits per heavy atom. The molecule has 2 aliphatic rings. The molecule has 5 heteroatoms. The first-order valence-electron chi connectivity index (χ1n) is 9.30. The van der Waals surface area contributed by atoms with E-state index in [0.717, 1.165) is 25.7 Å². The van der Waals surface area contributed by atoms with Gasteiger partial charge in [-0.15, -0.1) is 13.2 Å². The average molecular weight is 348 g/mol. The highest BCUT2D eigenvalue weighted by atomic mass is 16.6. The maximum atomic E-state index is 13.4. The van der Waals surface area contributed by atoms with Crippen molar-refractivity contribution in [2.45, 2.75) is 77.1 Å². The van der Waals surface area contributed by atoms with Gasteiger partial charge in [0.25, 0.3) is 0 Å². The molecule has 2 amide bonds. The third-order valence-corrected chi connectivity index (χ3v) is 5.17. The molecule has 2 aliphatic heterocycles. The molecule has 2 fully saturated rings. The lowest BCUT2D eigenvalue weighted by Gasteiger charge is -2.36. The first-order valence-corrected chi connectivity index (χ1v) is 9.30. The Kier molecular flexibility index (Phi) is 5.96. The van der Waals surface area contributed by atoms with Gasteiger partial charge in [-0.05, 0) is 46.5 Å². The van der Waals surface area contributed by atoms with Crippen molar-refractivity contribution in [2.75, 3.05) is 6.54 Å². The third kappa shape index (κ3) is 4.07. The van der Waals surface area contributed by atoms with E-state index in [-0.39, 0.29) is 23.9 Å². The third-order valence-electron chi connectivity index (χ3n) is 5.17. The molecular formula is C20H32N2O3. The van der Waals surface area contributed by atoms with Gasteiger partial charge in [-0.2, -0.15) is 0 Å². The molecule has 0 N–H and O–H groups in total. The first-order chi connectivity index (χ1) is 11.7. The maximum absolute atomic E-state index is 13.4. The number of carbonyl (C=O) groups excluding carboxylic acids is 2. The Bertz CT molecular complexity index is 538. The van der Waals surface area contributed by atoms with Crippen LogP contribution >= 0.6 is 0 Å². The van der Waals surface area contributed by atoms with Crippen molar-refractivity contribution in [3.63, 3.8) is 0 Å². The van der Waals surface area contributed by atoms with Crippen LogP contribution in [0.2, 0.25) is 0 Å². The van der Waals surface area contributed by atoms with Gasteiger partial charge < -0.3 is 9.64 Å². The van der Waals surface area contributed by atoms with Crippen LogP contribution in [0.5, 0.6) is 0 Å². The van der Waals surface area contributed by atoms with E-state index in [9.17, 15) is 9.59 Å². The molecule has 0 aromatic carbocycles. The number of amides is 2. The zero-order valence-electron chi connectivity index (χ0n) is 16.0. The first kappa shape index (κ1) is 19.5.